The number of nitrogens with two attached hydrogens (primary N) is 1. The Hall–Kier alpha value is -0.640. The molecule has 0 saturated heterocycles. The third kappa shape index (κ3) is 3.78. The van der Waals surface area contributed by atoms with Crippen LogP contribution in [0.25, 0.3) is 0 Å². The molecule has 0 aliphatic rings. The Bertz CT molecular complexity index is 294. The molecule has 1 heterocycles. The van der Waals surface area contributed by atoms with Crippen molar-refractivity contribution in [2.75, 3.05) is 13.1 Å². The van der Waals surface area contributed by atoms with Gasteiger partial charge in [-0.3, -0.25) is 0 Å². The summed E-state index contributed by atoms with van der Waals surface area (Å²) in [6.07, 6.45) is 4.02. The summed E-state index contributed by atoms with van der Waals surface area (Å²) >= 11 is 1.86. The highest BCUT2D eigenvalue weighted by molar-refractivity contribution is 7.12. The van der Waals surface area contributed by atoms with Crippen LogP contribution in [0.2, 0.25) is 0 Å². The highest BCUT2D eigenvalue weighted by Gasteiger charge is 2.10. The fourth-order valence-electron chi connectivity index (χ4n) is 1.43. The highest BCUT2D eigenvalue weighted by atomic mass is 32.1. The Balaban J connectivity index is 2.53. The van der Waals surface area contributed by atoms with Crippen LogP contribution in [0.4, 0.5) is 0 Å². The molecular formula is C12H20N2S. The van der Waals surface area contributed by atoms with E-state index >= 15 is 0 Å². The molecule has 84 valence electrons. The lowest BCUT2D eigenvalue weighted by atomic mass is 10.2. The van der Waals surface area contributed by atoms with E-state index in [-0.39, 0.29) is 0 Å². The van der Waals surface area contributed by atoms with Crippen LogP contribution in [0.1, 0.15) is 29.1 Å². The smallest absolute Gasteiger partial charge is 0.0539 e. The van der Waals surface area contributed by atoms with E-state index in [2.05, 4.69) is 31.0 Å². The van der Waals surface area contributed by atoms with Crippen molar-refractivity contribution in [1.29, 1.82) is 0 Å². The lowest BCUT2D eigenvalue weighted by molar-refractivity contribution is 0.556. The molecule has 1 rings (SSSR count). The molecule has 1 atom stereocenters. The minimum Gasteiger partial charge on any atom is -0.329 e. The molecule has 0 aromatic carbocycles. The molecule has 0 aliphatic carbocycles. The lowest BCUT2D eigenvalue weighted by Gasteiger charge is -2.14. The van der Waals surface area contributed by atoms with Crippen molar-refractivity contribution in [1.82, 2.24) is 5.32 Å². The van der Waals surface area contributed by atoms with Crippen LogP contribution in [0.3, 0.4) is 0 Å². The molecule has 15 heavy (non-hydrogen) atoms. The second kappa shape index (κ2) is 6.77. The first-order valence-electron chi connectivity index (χ1n) is 5.44. The van der Waals surface area contributed by atoms with E-state index in [4.69, 9.17) is 5.73 Å². The monoisotopic (exact) mass is 224 g/mol. The quantitative estimate of drug-likeness (QED) is 0.551. The number of thiophene rings is 1. The average molecular weight is 224 g/mol. The first kappa shape index (κ1) is 12.4. The maximum absolute atomic E-state index is 5.76. The van der Waals surface area contributed by atoms with Crippen molar-refractivity contribution in [2.45, 2.75) is 25.8 Å². The van der Waals surface area contributed by atoms with E-state index in [0.29, 0.717) is 12.6 Å². The molecule has 0 aliphatic heterocycles. The van der Waals surface area contributed by atoms with Crippen molar-refractivity contribution >= 4 is 11.3 Å². The molecule has 0 amide bonds. The predicted octanol–water partition coefficient (Wildman–Crippen LogP) is 2.48. The van der Waals surface area contributed by atoms with Crippen LogP contribution in [0, 0.1) is 0 Å². The normalized spacial score (nSPS) is 12.7. The maximum atomic E-state index is 5.76. The van der Waals surface area contributed by atoms with Gasteiger partial charge < -0.3 is 11.1 Å². The second-order valence-electron chi connectivity index (χ2n) is 3.48. The van der Waals surface area contributed by atoms with Gasteiger partial charge in [-0.15, -0.1) is 17.9 Å². The molecule has 3 heteroatoms. The van der Waals surface area contributed by atoms with Gasteiger partial charge in [0.15, 0.2) is 0 Å². The van der Waals surface area contributed by atoms with Crippen molar-refractivity contribution in [3.63, 3.8) is 0 Å². The van der Waals surface area contributed by atoms with E-state index in [0.717, 1.165) is 19.4 Å². The summed E-state index contributed by atoms with van der Waals surface area (Å²) < 4.78 is 0. The van der Waals surface area contributed by atoms with Gasteiger partial charge in [-0.05, 0) is 31.5 Å². The third-order valence-corrected chi connectivity index (χ3v) is 3.69. The zero-order valence-corrected chi connectivity index (χ0v) is 10.1. The summed E-state index contributed by atoms with van der Waals surface area (Å²) in [5.74, 6) is 0. The van der Waals surface area contributed by atoms with Crippen LogP contribution >= 0.6 is 11.3 Å². The zero-order valence-electron chi connectivity index (χ0n) is 9.33. The van der Waals surface area contributed by atoms with Crippen LogP contribution < -0.4 is 11.1 Å². The van der Waals surface area contributed by atoms with E-state index in [1.807, 2.05) is 17.4 Å². The standard InChI is InChI=1S/C12H20N2S/c1-3-5-8-14-11(9-13)12-7-6-10(4-2)15-12/h3,6-7,11,14H,1,4-5,8-9,13H2,2H3. The summed E-state index contributed by atoms with van der Waals surface area (Å²) in [4.78, 5) is 2.77. The van der Waals surface area contributed by atoms with Gasteiger partial charge in [-0.25, -0.2) is 0 Å². The molecule has 2 nitrogen and oxygen atoms in total. The van der Waals surface area contributed by atoms with Gasteiger partial charge in [0, 0.05) is 16.3 Å². The van der Waals surface area contributed by atoms with Crippen LogP contribution in [0.5, 0.6) is 0 Å². The summed E-state index contributed by atoms with van der Waals surface area (Å²) in [6, 6.07) is 4.68. The van der Waals surface area contributed by atoms with Crippen LogP contribution in [0.15, 0.2) is 24.8 Å². The van der Waals surface area contributed by atoms with Gasteiger partial charge >= 0.3 is 0 Å². The minimum absolute atomic E-state index is 0.301. The minimum atomic E-state index is 0.301. The summed E-state index contributed by atoms with van der Waals surface area (Å²) in [7, 11) is 0. The van der Waals surface area contributed by atoms with Gasteiger partial charge in [0.1, 0.15) is 0 Å². The average Bonchev–Trinajstić information content (AvgIpc) is 2.73. The summed E-state index contributed by atoms with van der Waals surface area (Å²) in [6.45, 7) is 7.49. The Labute approximate surface area is 96.2 Å². The molecule has 1 unspecified atom stereocenters. The van der Waals surface area contributed by atoms with E-state index < -0.39 is 0 Å². The second-order valence-corrected chi connectivity index (χ2v) is 4.68. The van der Waals surface area contributed by atoms with Gasteiger partial charge in [-0.2, -0.15) is 0 Å². The molecule has 1 aromatic rings. The number of hydrogen-bond acceptors (Lipinski definition) is 3. The SMILES string of the molecule is C=CCCNC(CN)c1ccc(CC)s1. The highest BCUT2D eigenvalue weighted by Crippen LogP contribution is 2.23. The Morgan fingerprint density at radius 3 is 2.93 bits per heavy atom. The number of hydrogen-bond donors (Lipinski definition) is 2. The number of nitrogens with one attached hydrogen (secondary N) is 1. The van der Waals surface area contributed by atoms with Crippen molar-refractivity contribution in [2.24, 2.45) is 5.73 Å². The summed E-state index contributed by atoms with van der Waals surface area (Å²) in [5, 5.41) is 3.44. The molecule has 0 radical (unpaired) electrons. The maximum Gasteiger partial charge on any atom is 0.0539 e. The fraction of sp³-hybridized carbons (Fsp3) is 0.500. The summed E-state index contributed by atoms with van der Waals surface area (Å²) in [5.41, 5.74) is 5.76. The lowest BCUT2D eigenvalue weighted by Crippen LogP contribution is -2.28. The molecule has 3 N–H and O–H groups in total. The Morgan fingerprint density at radius 2 is 2.40 bits per heavy atom. The van der Waals surface area contributed by atoms with E-state index in [1.54, 1.807) is 0 Å². The molecule has 0 fully saturated rings. The topological polar surface area (TPSA) is 38.0 Å². The van der Waals surface area contributed by atoms with Crippen molar-refractivity contribution in [3.8, 4) is 0 Å². The fourth-order valence-corrected chi connectivity index (χ4v) is 2.47. The van der Waals surface area contributed by atoms with Crippen molar-refractivity contribution in [3.05, 3.63) is 34.5 Å². The van der Waals surface area contributed by atoms with Crippen LogP contribution in [-0.4, -0.2) is 13.1 Å². The zero-order chi connectivity index (χ0) is 11.1. The first-order valence-corrected chi connectivity index (χ1v) is 6.26. The molecular weight excluding hydrogens is 204 g/mol. The first-order chi connectivity index (χ1) is 7.31. The van der Waals surface area contributed by atoms with Crippen molar-refractivity contribution < 1.29 is 0 Å². The third-order valence-electron chi connectivity index (χ3n) is 2.35. The Kier molecular flexibility index (Phi) is 5.61. The number of aryl methyl sites for hydroxylation is 1. The largest absolute Gasteiger partial charge is 0.329 e. The molecule has 0 saturated carbocycles. The Morgan fingerprint density at radius 1 is 1.60 bits per heavy atom. The van der Waals surface area contributed by atoms with E-state index in [1.165, 1.54) is 9.75 Å². The molecule has 1 aromatic heterocycles. The number of rotatable bonds is 7. The van der Waals surface area contributed by atoms with E-state index in [9.17, 15) is 0 Å². The van der Waals surface area contributed by atoms with Crippen LogP contribution in [-0.2, 0) is 6.42 Å². The predicted molar refractivity (Wildman–Crippen MR) is 68.3 cm³/mol. The van der Waals surface area contributed by atoms with Gasteiger partial charge in [-0.1, -0.05) is 13.0 Å². The molecule has 0 bridgehead atoms. The van der Waals surface area contributed by atoms with Gasteiger partial charge in [0.05, 0.1) is 6.04 Å². The van der Waals surface area contributed by atoms with Gasteiger partial charge in [0.2, 0.25) is 0 Å². The molecule has 0 spiro atoms. The van der Waals surface area contributed by atoms with Gasteiger partial charge in [0.25, 0.3) is 0 Å².